The van der Waals surface area contributed by atoms with Gasteiger partial charge in [0.05, 0.1) is 17.4 Å². The van der Waals surface area contributed by atoms with E-state index >= 15 is 0 Å². The minimum atomic E-state index is -0.701. The van der Waals surface area contributed by atoms with Crippen LogP contribution in [0, 0.1) is 11.8 Å². The van der Waals surface area contributed by atoms with Crippen LogP contribution in [-0.2, 0) is 17.6 Å². The summed E-state index contributed by atoms with van der Waals surface area (Å²) in [7, 11) is 0. The number of hydrogen-bond acceptors (Lipinski definition) is 4. The lowest BCUT2D eigenvalue weighted by molar-refractivity contribution is -0.124. The molecule has 3 N–H and O–H groups in total. The van der Waals surface area contributed by atoms with Crippen molar-refractivity contribution in [1.82, 2.24) is 10.9 Å². The quantitative estimate of drug-likeness (QED) is 0.742. The Labute approximate surface area is 135 Å². The third-order valence-electron chi connectivity index (χ3n) is 4.03. The zero-order chi connectivity index (χ0) is 16.3. The van der Waals surface area contributed by atoms with Gasteiger partial charge in [-0.15, -0.1) is 11.3 Å². The summed E-state index contributed by atoms with van der Waals surface area (Å²) in [4.78, 5) is 25.6. The molecule has 1 heterocycles. The molecule has 5 nitrogen and oxygen atoms in total. The molecular formula is C16H24N2O3S. The summed E-state index contributed by atoms with van der Waals surface area (Å²) in [6, 6.07) is 1.93. The number of aliphatic hydroxyl groups is 1. The molecule has 122 valence electrons. The predicted molar refractivity (Wildman–Crippen MR) is 86.6 cm³/mol. The molecule has 0 spiro atoms. The average molecular weight is 324 g/mol. The van der Waals surface area contributed by atoms with Crippen LogP contribution < -0.4 is 10.9 Å². The summed E-state index contributed by atoms with van der Waals surface area (Å²) < 4.78 is 0. The highest BCUT2D eigenvalue weighted by Gasteiger charge is 2.21. The molecule has 6 heteroatoms. The molecular weight excluding hydrogens is 300 g/mol. The van der Waals surface area contributed by atoms with Crippen molar-refractivity contribution in [3.05, 3.63) is 21.4 Å². The van der Waals surface area contributed by atoms with Gasteiger partial charge in [0.15, 0.2) is 0 Å². The Bertz CT molecular complexity index is 554. The van der Waals surface area contributed by atoms with Crippen molar-refractivity contribution in [2.24, 2.45) is 11.8 Å². The van der Waals surface area contributed by atoms with Gasteiger partial charge in [-0.3, -0.25) is 20.4 Å². The Kier molecular flexibility index (Phi) is 5.58. The fourth-order valence-electron chi connectivity index (χ4n) is 2.48. The molecule has 2 rings (SSSR count). The van der Waals surface area contributed by atoms with Crippen molar-refractivity contribution in [3.63, 3.8) is 0 Å². The van der Waals surface area contributed by atoms with Crippen LogP contribution in [0.1, 0.15) is 53.7 Å². The maximum atomic E-state index is 12.1. The van der Waals surface area contributed by atoms with Gasteiger partial charge < -0.3 is 5.11 Å². The van der Waals surface area contributed by atoms with Gasteiger partial charge in [0.1, 0.15) is 0 Å². The van der Waals surface area contributed by atoms with Crippen LogP contribution in [0.15, 0.2) is 6.07 Å². The zero-order valence-electron chi connectivity index (χ0n) is 13.3. The summed E-state index contributed by atoms with van der Waals surface area (Å²) in [5.74, 6) is -0.00775. The molecule has 0 aromatic carbocycles. The molecule has 2 amide bonds. The molecule has 0 saturated carbocycles. The van der Waals surface area contributed by atoms with Crippen LogP contribution in [0.3, 0.4) is 0 Å². The van der Waals surface area contributed by atoms with Gasteiger partial charge in [-0.05, 0) is 42.7 Å². The van der Waals surface area contributed by atoms with Crippen molar-refractivity contribution in [2.45, 2.75) is 52.6 Å². The first-order chi connectivity index (χ1) is 10.4. The molecule has 2 unspecified atom stereocenters. The third kappa shape index (κ3) is 4.30. The zero-order valence-corrected chi connectivity index (χ0v) is 14.1. The fourth-order valence-corrected chi connectivity index (χ4v) is 3.59. The van der Waals surface area contributed by atoms with Crippen molar-refractivity contribution >= 4 is 23.2 Å². The van der Waals surface area contributed by atoms with Crippen molar-refractivity contribution in [3.8, 4) is 0 Å². The van der Waals surface area contributed by atoms with E-state index < -0.39 is 6.10 Å². The second-order valence-corrected chi connectivity index (χ2v) is 7.56. The summed E-state index contributed by atoms with van der Waals surface area (Å²) in [6.45, 7) is 5.90. The maximum absolute atomic E-state index is 12.1. The van der Waals surface area contributed by atoms with Crippen molar-refractivity contribution in [1.29, 1.82) is 0 Å². The van der Waals surface area contributed by atoms with E-state index in [0.29, 0.717) is 10.8 Å². The lowest BCUT2D eigenvalue weighted by Gasteiger charge is -2.16. The third-order valence-corrected chi connectivity index (χ3v) is 5.27. The van der Waals surface area contributed by atoms with Crippen LogP contribution in [0.25, 0.3) is 0 Å². The molecule has 0 radical (unpaired) electrons. The van der Waals surface area contributed by atoms with Crippen LogP contribution in [0.5, 0.6) is 0 Å². The minimum Gasteiger partial charge on any atom is -0.392 e. The van der Waals surface area contributed by atoms with Gasteiger partial charge in [0, 0.05) is 4.88 Å². The number of carbonyl (C=O) groups is 2. The van der Waals surface area contributed by atoms with E-state index in [1.807, 2.05) is 19.9 Å². The summed E-state index contributed by atoms with van der Waals surface area (Å²) in [6.07, 6.45) is 2.50. The average Bonchev–Trinajstić information content (AvgIpc) is 2.87. The number of amides is 2. The number of aliphatic hydroxyl groups excluding tert-OH is 1. The number of rotatable bonds is 4. The second kappa shape index (κ2) is 7.24. The van der Waals surface area contributed by atoms with E-state index in [9.17, 15) is 14.7 Å². The SMILES string of the molecule is CC1CCc2sc(C(=O)NNC(=O)CC(O)C(C)C)cc2C1. The van der Waals surface area contributed by atoms with Gasteiger partial charge >= 0.3 is 0 Å². The Balaban J connectivity index is 1.86. The van der Waals surface area contributed by atoms with Crippen LogP contribution >= 0.6 is 11.3 Å². The highest BCUT2D eigenvalue weighted by Crippen LogP contribution is 2.32. The second-order valence-electron chi connectivity index (χ2n) is 6.42. The molecule has 1 aliphatic rings. The van der Waals surface area contributed by atoms with E-state index in [-0.39, 0.29) is 24.2 Å². The van der Waals surface area contributed by atoms with Gasteiger partial charge in [-0.25, -0.2) is 0 Å². The number of nitrogens with one attached hydrogen (secondary N) is 2. The van der Waals surface area contributed by atoms with Crippen LogP contribution in [-0.4, -0.2) is 23.0 Å². The fraction of sp³-hybridized carbons (Fsp3) is 0.625. The Hall–Kier alpha value is -1.40. The largest absolute Gasteiger partial charge is 0.392 e. The molecule has 1 aliphatic carbocycles. The highest BCUT2D eigenvalue weighted by molar-refractivity contribution is 7.14. The van der Waals surface area contributed by atoms with E-state index in [2.05, 4.69) is 17.8 Å². The molecule has 1 aromatic heterocycles. The monoisotopic (exact) mass is 324 g/mol. The predicted octanol–water partition coefficient (Wildman–Crippen LogP) is 2.04. The Morgan fingerprint density at radius 1 is 1.41 bits per heavy atom. The van der Waals surface area contributed by atoms with E-state index in [4.69, 9.17) is 0 Å². The van der Waals surface area contributed by atoms with E-state index in [1.165, 1.54) is 28.2 Å². The number of thiophene rings is 1. The highest BCUT2D eigenvalue weighted by atomic mass is 32.1. The molecule has 0 bridgehead atoms. The first-order valence-corrected chi connectivity index (χ1v) is 8.57. The number of aryl methyl sites for hydroxylation is 1. The lowest BCUT2D eigenvalue weighted by atomic mass is 9.90. The van der Waals surface area contributed by atoms with Gasteiger partial charge in [-0.1, -0.05) is 20.8 Å². The van der Waals surface area contributed by atoms with Crippen molar-refractivity contribution < 1.29 is 14.7 Å². The number of fused-ring (bicyclic) bond motifs is 1. The number of hydrogen-bond donors (Lipinski definition) is 3. The molecule has 0 saturated heterocycles. The maximum Gasteiger partial charge on any atom is 0.279 e. The standard InChI is InChI=1S/C16H24N2O3S/c1-9(2)12(19)8-15(20)17-18-16(21)14-7-11-6-10(3)4-5-13(11)22-14/h7,9-10,12,19H,4-6,8H2,1-3H3,(H,17,20)(H,18,21). The van der Waals surface area contributed by atoms with Crippen molar-refractivity contribution in [2.75, 3.05) is 0 Å². The van der Waals surface area contributed by atoms with E-state index in [1.54, 1.807) is 0 Å². The molecule has 2 atom stereocenters. The molecule has 1 aromatic rings. The molecule has 0 fully saturated rings. The number of hydrazine groups is 1. The first-order valence-electron chi connectivity index (χ1n) is 7.75. The molecule has 22 heavy (non-hydrogen) atoms. The topological polar surface area (TPSA) is 78.4 Å². The van der Waals surface area contributed by atoms with Crippen LogP contribution in [0.2, 0.25) is 0 Å². The first kappa shape index (κ1) is 17.0. The Morgan fingerprint density at radius 3 is 2.82 bits per heavy atom. The summed E-state index contributed by atoms with van der Waals surface area (Å²) >= 11 is 1.50. The van der Waals surface area contributed by atoms with Gasteiger partial charge in [-0.2, -0.15) is 0 Å². The summed E-state index contributed by atoms with van der Waals surface area (Å²) in [5, 5.41) is 9.64. The summed E-state index contributed by atoms with van der Waals surface area (Å²) in [5.41, 5.74) is 6.05. The smallest absolute Gasteiger partial charge is 0.279 e. The molecule has 0 aliphatic heterocycles. The normalized spacial score (nSPS) is 18.7. The lowest BCUT2D eigenvalue weighted by Crippen LogP contribution is -2.42. The van der Waals surface area contributed by atoms with Gasteiger partial charge in [0.2, 0.25) is 5.91 Å². The van der Waals surface area contributed by atoms with E-state index in [0.717, 1.165) is 12.8 Å². The Morgan fingerprint density at radius 2 is 2.14 bits per heavy atom. The van der Waals surface area contributed by atoms with Gasteiger partial charge in [0.25, 0.3) is 5.91 Å². The van der Waals surface area contributed by atoms with Crippen LogP contribution in [0.4, 0.5) is 0 Å². The minimum absolute atomic E-state index is 0.00691. The number of carbonyl (C=O) groups excluding carboxylic acids is 2.